The predicted octanol–water partition coefficient (Wildman–Crippen LogP) is 6.62. The number of halogens is 1. The normalized spacial score (nSPS) is 24.6. The minimum Gasteiger partial charge on any atom is -0.432 e. The SMILES string of the molecule is C[C@@H]1[C@@H]([Si](C)(C)O)[C@H](CCO)O[C@@]12C(=O)N(Cc1ccc(N3C(=O)c4cccc5cccc3c45)cc1)c1ccc(Br)cc12. The number of benzene rings is 4. The summed E-state index contributed by atoms with van der Waals surface area (Å²) < 4.78 is 7.52. The first-order valence-electron chi connectivity index (χ1n) is 14.6. The lowest BCUT2D eigenvalue weighted by Gasteiger charge is -2.32. The average Bonchev–Trinajstić information content (AvgIpc) is 3.52. The van der Waals surface area contributed by atoms with Crippen molar-refractivity contribution in [3.05, 3.63) is 100 Å². The second-order valence-electron chi connectivity index (χ2n) is 12.4. The van der Waals surface area contributed by atoms with Crippen molar-refractivity contribution in [2.45, 2.75) is 50.2 Å². The number of carbonyl (C=O) groups excluding carboxylic acids is 2. The molecule has 0 aromatic heterocycles. The summed E-state index contributed by atoms with van der Waals surface area (Å²) in [4.78, 5) is 42.7. The first-order chi connectivity index (χ1) is 20.6. The van der Waals surface area contributed by atoms with Gasteiger partial charge < -0.3 is 19.5 Å². The molecule has 3 aliphatic rings. The molecule has 1 saturated heterocycles. The molecule has 0 bridgehead atoms. The largest absolute Gasteiger partial charge is 0.432 e. The first kappa shape index (κ1) is 28.4. The molecule has 220 valence electrons. The number of nitrogens with zero attached hydrogens (tertiary/aromatic N) is 2. The molecule has 0 saturated carbocycles. The minimum atomic E-state index is -2.76. The van der Waals surface area contributed by atoms with Crippen LogP contribution in [0.5, 0.6) is 0 Å². The summed E-state index contributed by atoms with van der Waals surface area (Å²) in [6.45, 7) is 6.00. The molecule has 3 heterocycles. The summed E-state index contributed by atoms with van der Waals surface area (Å²) in [6.07, 6.45) is -0.0632. The van der Waals surface area contributed by atoms with Gasteiger partial charge in [-0.05, 0) is 72.9 Å². The van der Waals surface area contributed by atoms with Gasteiger partial charge in [-0.1, -0.05) is 59.3 Å². The number of aliphatic hydroxyl groups is 1. The van der Waals surface area contributed by atoms with Gasteiger partial charge in [-0.2, -0.15) is 0 Å². The Balaban J connectivity index is 1.22. The van der Waals surface area contributed by atoms with E-state index in [2.05, 4.69) is 15.9 Å². The van der Waals surface area contributed by atoms with Gasteiger partial charge in [0.15, 0.2) is 13.9 Å². The number of anilines is 3. The van der Waals surface area contributed by atoms with Crippen molar-refractivity contribution in [2.24, 2.45) is 5.92 Å². The lowest BCUT2D eigenvalue weighted by atomic mass is 9.82. The van der Waals surface area contributed by atoms with Crippen molar-refractivity contribution in [3.63, 3.8) is 0 Å². The van der Waals surface area contributed by atoms with Gasteiger partial charge in [0.2, 0.25) is 0 Å². The highest BCUT2D eigenvalue weighted by Gasteiger charge is 2.66. The summed E-state index contributed by atoms with van der Waals surface area (Å²) in [5.41, 5.74) is 3.35. The highest BCUT2D eigenvalue weighted by atomic mass is 79.9. The molecule has 2 amide bonds. The van der Waals surface area contributed by atoms with Crippen molar-refractivity contribution in [2.75, 3.05) is 16.4 Å². The van der Waals surface area contributed by atoms with E-state index >= 15 is 0 Å². The summed E-state index contributed by atoms with van der Waals surface area (Å²) in [5, 5.41) is 11.8. The van der Waals surface area contributed by atoms with Gasteiger partial charge in [0, 0.05) is 39.2 Å². The maximum Gasteiger partial charge on any atom is 0.264 e. The topological polar surface area (TPSA) is 90.3 Å². The molecule has 43 heavy (non-hydrogen) atoms. The third-order valence-corrected chi connectivity index (χ3v) is 12.4. The van der Waals surface area contributed by atoms with Crippen LogP contribution in [-0.4, -0.2) is 42.7 Å². The van der Waals surface area contributed by atoms with Crippen molar-refractivity contribution >= 4 is 63.9 Å². The quantitative estimate of drug-likeness (QED) is 0.228. The molecule has 7 nitrogen and oxygen atoms in total. The van der Waals surface area contributed by atoms with Gasteiger partial charge in [-0.3, -0.25) is 14.5 Å². The molecule has 9 heteroatoms. The van der Waals surface area contributed by atoms with Crippen LogP contribution in [0.15, 0.2) is 83.3 Å². The van der Waals surface area contributed by atoms with Crippen molar-refractivity contribution < 1.29 is 24.2 Å². The zero-order valence-electron chi connectivity index (χ0n) is 24.3. The second-order valence-corrected chi connectivity index (χ2v) is 17.3. The van der Waals surface area contributed by atoms with Crippen LogP contribution in [0.2, 0.25) is 18.6 Å². The highest BCUT2D eigenvalue weighted by Crippen LogP contribution is 2.60. The molecule has 1 fully saturated rings. The Kier molecular flexibility index (Phi) is 6.68. The van der Waals surface area contributed by atoms with Crippen molar-refractivity contribution in [1.29, 1.82) is 0 Å². The number of carbonyl (C=O) groups is 2. The van der Waals surface area contributed by atoms with E-state index in [4.69, 9.17) is 4.74 Å². The van der Waals surface area contributed by atoms with E-state index in [9.17, 15) is 19.5 Å². The molecule has 4 atom stereocenters. The molecular weight excluding hydrogens is 624 g/mol. The number of fused-ring (bicyclic) bond motifs is 2. The fourth-order valence-corrected chi connectivity index (χ4v) is 10.7. The molecule has 3 aliphatic heterocycles. The lowest BCUT2D eigenvalue weighted by molar-refractivity contribution is -0.146. The van der Waals surface area contributed by atoms with Gasteiger partial charge in [0.25, 0.3) is 11.8 Å². The minimum absolute atomic E-state index is 0.0505. The molecule has 1 spiro atoms. The van der Waals surface area contributed by atoms with Crippen LogP contribution < -0.4 is 9.80 Å². The van der Waals surface area contributed by atoms with E-state index in [1.54, 1.807) is 9.80 Å². The average molecular weight is 658 g/mol. The van der Waals surface area contributed by atoms with E-state index in [0.29, 0.717) is 18.5 Å². The second kappa shape index (κ2) is 10.1. The van der Waals surface area contributed by atoms with E-state index in [-0.39, 0.29) is 29.9 Å². The smallest absolute Gasteiger partial charge is 0.264 e. The van der Waals surface area contributed by atoms with E-state index in [1.807, 2.05) is 98.9 Å². The van der Waals surface area contributed by atoms with Crippen LogP contribution in [-0.2, 0) is 21.7 Å². The van der Waals surface area contributed by atoms with Gasteiger partial charge in [-0.25, -0.2) is 0 Å². The van der Waals surface area contributed by atoms with Gasteiger partial charge >= 0.3 is 0 Å². The zero-order chi connectivity index (χ0) is 30.3. The number of amides is 2. The summed E-state index contributed by atoms with van der Waals surface area (Å²) in [7, 11) is -2.76. The van der Waals surface area contributed by atoms with Crippen LogP contribution in [0, 0.1) is 5.92 Å². The van der Waals surface area contributed by atoms with E-state index in [1.165, 1.54) is 0 Å². The molecular formula is C34H33BrN2O5Si. The van der Waals surface area contributed by atoms with Crippen LogP contribution in [0.4, 0.5) is 17.1 Å². The van der Waals surface area contributed by atoms with Crippen LogP contribution in [0.1, 0.15) is 34.8 Å². The maximum absolute atomic E-state index is 14.5. The molecule has 0 aliphatic carbocycles. The Bertz CT molecular complexity index is 1780. The molecule has 0 unspecified atom stereocenters. The van der Waals surface area contributed by atoms with E-state index < -0.39 is 20.0 Å². The van der Waals surface area contributed by atoms with Gasteiger partial charge in [0.1, 0.15) is 0 Å². The van der Waals surface area contributed by atoms with Crippen LogP contribution in [0.25, 0.3) is 10.8 Å². The Morgan fingerprint density at radius 2 is 1.70 bits per heavy atom. The number of hydrogen-bond acceptors (Lipinski definition) is 5. The van der Waals surface area contributed by atoms with E-state index in [0.717, 1.165) is 43.4 Å². The van der Waals surface area contributed by atoms with Gasteiger partial charge in [-0.15, -0.1) is 0 Å². The van der Waals surface area contributed by atoms with Gasteiger partial charge in [0.05, 0.1) is 29.6 Å². The standard InChI is InChI=1S/C34H33BrN2O5Si/c1-20-31(43(2,3)41)29(16-17-38)42-34(20)26-18-23(35)12-15-27(26)36(33(34)40)19-21-10-13-24(14-11-21)37-28-9-5-7-22-6-4-8-25(30(22)28)32(37)39/h4-15,18,20,29,31,38,41H,16-17,19H2,1-3H3/t20-,29+,31-,34+/m1/s1. The van der Waals surface area contributed by atoms with Crippen LogP contribution >= 0.6 is 15.9 Å². The first-order valence-corrected chi connectivity index (χ1v) is 18.5. The number of ether oxygens (including phenoxy) is 1. The molecule has 7 rings (SSSR count). The molecule has 0 radical (unpaired) electrons. The zero-order valence-corrected chi connectivity index (χ0v) is 26.8. The summed E-state index contributed by atoms with van der Waals surface area (Å²) in [6, 6.07) is 25.4. The Labute approximate surface area is 260 Å². The fourth-order valence-electron chi connectivity index (χ4n) is 7.71. The van der Waals surface area contributed by atoms with Crippen molar-refractivity contribution in [1.82, 2.24) is 0 Å². The number of hydrogen-bond donors (Lipinski definition) is 2. The fraction of sp³-hybridized carbons (Fsp3) is 0.294. The molecule has 4 aromatic carbocycles. The summed E-state index contributed by atoms with van der Waals surface area (Å²) in [5.74, 6) is -0.489. The lowest BCUT2D eigenvalue weighted by Crippen LogP contribution is -2.46. The third kappa shape index (κ3) is 4.17. The number of rotatable bonds is 6. The Hall–Kier alpha value is -3.34. The maximum atomic E-state index is 14.5. The predicted molar refractivity (Wildman–Crippen MR) is 173 cm³/mol. The highest BCUT2D eigenvalue weighted by molar-refractivity contribution is 9.10. The molecule has 4 aromatic rings. The monoisotopic (exact) mass is 656 g/mol. The number of aliphatic hydroxyl groups excluding tert-OH is 1. The molecule has 2 N–H and O–H groups in total. The van der Waals surface area contributed by atoms with Crippen molar-refractivity contribution in [3.8, 4) is 0 Å². The summed E-state index contributed by atoms with van der Waals surface area (Å²) >= 11 is 3.59. The Morgan fingerprint density at radius 3 is 2.40 bits per heavy atom. The van der Waals surface area contributed by atoms with Crippen LogP contribution in [0.3, 0.4) is 0 Å². The third-order valence-electron chi connectivity index (χ3n) is 9.45. The Morgan fingerprint density at radius 1 is 0.977 bits per heavy atom.